The fraction of sp³-hybridized carbons (Fsp3) is 0.538. The molecule has 3 fully saturated rings. The number of aromatic nitrogens is 4. The zero-order chi connectivity index (χ0) is 34.7. The standard InChI is InChI=1S/C39H49N9O2/c1-27(41-26-28(2)48-21-9-10-33(48)25-40)24-39(38-42-44-45-43-38)34-15-13-31(36(49)46-17-5-3-6-18-46)22-29(34)11-12-30-23-32(14-16-35(30)39)37(50)47-19-7-4-8-20-47/h13-16,22-23,27,33,41H,2-12,17-21,24,26H2,1H3,(H,42,43,44,45)/t27-,33?/m1/s1. The van der Waals surface area contributed by atoms with Crippen molar-refractivity contribution in [2.75, 3.05) is 39.3 Å². The highest BCUT2D eigenvalue weighted by molar-refractivity contribution is 5.95. The van der Waals surface area contributed by atoms with Crippen molar-refractivity contribution in [1.29, 1.82) is 5.26 Å². The molecule has 3 aromatic rings. The predicted octanol–water partition coefficient (Wildman–Crippen LogP) is 4.75. The minimum atomic E-state index is -0.815. The number of aromatic amines is 1. The molecular formula is C39H49N9O2. The average molecular weight is 676 g/mol. The van der Waals surface area contributed by atoms with Gasteiger partial charge >= 0.3 is 0 Å². The normalized spacial score (nSPS) is 20.7. The van der Waals surface area contributed by atoms with Crippen molar-refractivity contribution in [3.63, 3.8) is 0 Å². The molecule has 2 N–H and O–H groups in total. The van der Waals surface area contributed by atoms with Gasteiger partial charge in [0.2, 0.25) is 0 Å². The number of carbonyl (C=O) groups is 2. The van der Waals surface area contributed by atoms with E-state index in [1.54, 1.807) is 0 Å². The molecule has 0 saturated carbocycles. The number of nitrogens with one attached hydrogen (secondary N) is 2. The van der Waals surface area contributed by atoms with E-state index >= 15 is 0 Å². The molecule has 2 aromatic carbocycles. The van der Waals surface area contributed by atoms with Crippen molar-refractivity contribution in [2.45, 2.75) is 95.1 Å². The third-order valence-electron chi connectivity index (χ3n) is 11.4. The largest absolute Gasteiger partial charge is 0.358 e. The molecule has 2 amide bonds. The number of amides is 2. The first-order chi connectivity index (χ1) is 24.4. The summed E-state index contributed by atoms with van der Waals surface area (Å²) in [7, 11) is 0. The number of hydrogen-bond acceptors (Lipinski definition) is 8. The number of H-pyrrole nitrogens is 1. The van der Waals surface area contributed by atoms with Crippen molar-refractivity contribution < 1.29 is 9.59 Å². The van der Waals surface area contributed by atoms with Gasteiger partial charge in [0.25, 0.3) is 11.8 Å². The first kappa shape index (κ1) is 33.9. The molecule has 1 aliphatic carbocycles. The Morgan fingerprint density at radius 3 is 2.02 bits per heavy atom. The molecule has 4 aliphatic rings. The summed E-state index contributed by atoms with van der Waals surface area (Å²) < 4.78 is 0. The number of nitrogens with zero attached hydrogens (tertiary/aromatic N) is 7. The van der Waals surface area contributed by atoms with E-state index in [4.69, 9.17) is 0 Å². The van der Waals surface area contributed by atoms with Gasteiger partial charge in [0.15, 0.2) is 5.82 Å². The van der Waals surface area contributed by atoms with Crippen LogP contribution in [0.4, 0.5) is 0 Å². The number of aryl methyl sites for hydroxylation is 2. The van der Waals surface area contributed by atoms with Crippen LogP contribution in [0.25, 0.3) is 0 Å². The highest BCUT2D eigenvalue weighted by Gasteiger charge is 2.46. The van der Waals surface area contributed by atoms with Gasteiger partial charge < -0.3 is 20.0 Å². The highest BCUT2D eigenvalue weighted by Crippen LogP contribution is 2.47. The summed E-state index contributed by atoms with van der Waals surface area (Å²) in [6.07, 6.45) is 10.4. The SMILES string of the molecule is C=C(CN[C@H](C)CC1(c2nn[nH]n2)c2ccc(C(=O)N3CCCCC3)cc2CCc2cc(C(=O)N3CCCCC3)ccc21)N1CCCC1C#N. The summed E-state index contributed by atoms with van der Waals surface area (Å²) in [6, 6.07) is 14.6. The molecule has 11 nitrogen and oxygen atoms in total. The highest BCUT2D eigenvalue weighted by atomic mass is 16.2. The number of rotatable bonds is 9. The Morgan fingerprint density at radius 2 is 1.50 bits per heavy atom. The first-order valence-electron chi connectivity index (χ1n) is 18.6. The smallest absolute Gasteiger partial charge is 0.253 e. The quantitative estimate of drug-likeness (QED) is 0.332. The number of hydrogen-bond donors (Lipinski definition) is 2. The predicted molar refractivity (Wildman–Crippen MR) is 190 cm³/mol. The van der Waals surface area contributed by atoms with Gasteiger partial charge in [-0.25, -0.2) is 0 Å². The van der Waals surface area contributed by atoms with Crippen LogP contribution in [-0.4, -0.2) is 98.5 Å². The number of likely N-dealkylation sites (tertiary alicyclic amines) is 3. The van der Waals surface area contributed by atoms with Crippen LogP contribution >= 0.6 is 0 Å². The van der Waals surface area contributed by atoms with E-state index < -0.39 is 5.41 Å². The van der Waals surface area contributed by atoms with E-state index in [0.29, 0.717) is 42.8 Å². The molecule has 0 bridgehead atoms. The van der Waals surface area contributed by atoms with Gasteiger partial charge in [-0.1, -0.05) is 23.9 Å². The van der Waals surface area contributed by atoms with Crippen LogP contribution in [0.15, 0.2) is 48.7 Å². The summed E-state index contributed by atoms with van der Waals surface area (Å²) in [6.45, 7) is 11.1. The zero-order valence-electron chi connectivity index (χ0n) is 29.3. The lowest BCUT2D eigenvalue weighted by Crippen LogP contribution is -2.42. The molecule has 3 aliphatic heterocycles. The van der Waals surface area contributed by atoms with Gasteiger partial charge in [-0.15, -0.1) is 10.2 Å². The Kier molecular flexibility index (Phi) is 9.99. The maximum Gasteiger partial charge on any atom is 0.253 e. The van der Waals surface area contributed by atoms with Crippen molar-refractivity contribution in [3.8, 4) is 6.07 Å². The second kappa shape index (κ2) is 14.7. The lowest BCUT2D eigenvalue weighted by Gasteiger charge is -2.37. The number of carbonyl (C=O) groups excluding carboxylic acids is 2. The topological polar surface area (TPSA) is 134 Å². The minimum absolute atomic E-state index is 0.0310. The monoisotopic (exact) mass is 675 g/mol. The maximum absolute atomic E-state index is 13.7. The number of nitriles is 1. The van der Waals surface area contributed by atoms with Crippen LogP contribution in [0.3, 0.4) is 0 Å². The van der Waals surface area contributed by atoms with Crippen LogP contribution in [0.5, 0.6) is 0 Å². The third-order valence-corrected chi connectivity index (χ3v) is 11.4. The molecule has 7 rings (SSSR count). The summed E-state index contributed by atoms with van der Waals surface area (Å²) in [5, 5.41) is 29.5. The van der Waals surface area contributed by atoms with Crippen LogP contribution in [0, 0.1) is 11.3 Å². The van der Waals surface area contributed by atoms with Crippen molar-refractivity contribution in [2.24, 2.45) is 0 Å². The Hall–Kier alpha value is -4.56. The summed E-state index contributed by atoms with van der Waals surface area (Å²) >= 11 is 0. The fourth-order valence-corrected chi connectivity index (χ4v) is 8.77. The van der Waals surface area contributed by atoms with Crippen LogP contribution < -0.4 is 5.32 Å². The Bertz CT molecular complexity index is 1670. The zero-order valence-corrected chi connectivity index (χ0v) is 29.3. The van der Waals surface area contributed by atoms with Crippen LogP contribution in [0.1, 0.15) is 114 Å². The third kappa shape index (κ3) is 6.53. The molecule has 50 heavy (non-hydrogen) atoms. The Labute approximate surface area is 295 Å². The van der Waals surface area contributed by atoms with Gasteiger partial charge in [0.1, 0.15) is 6.04 Å². The number of fused-ring (bicyclic) bond motifs is 2. The van der Waals surface area contributed by atoms with Gasteiger partial charge in [0.05, 0.1) is 11.5 Å². The second-order valence-electron chi connectivity index (χ2n) is 14.6. The van der Waals surface area contributed by atoms with E-state index in [-0.39, 0.29) is 23.9 Å². The lowest BCUT2D eigenvalue weighted by atomic mass is 9.67. The van der Waals surface area contributed by atoms with Gasteiger partial charge in [-0.2, -0.15) is 10.5 Å². The van der Waals surface area contributed by atoms with E-state index in [0.717, 1.165) is 112 Å². The second-order valence-corrected chi connectivity index (χ2v) is 14.6. The lowest BCUT2D eigenvalue weighted by molar-refractivity contribution is 0.0717. The molecule has 2 atom stereocenters. The molecule has 4 heterocycles. The van der Waals surface area contributed by atoms with Crippen molar-refractivity contribution >= 4 is 11.8 Å². The molecule has 1 aromatic heterocycles. The molecule has 0 radical (unpaired) electrons. The van der Waals surface area contributed by atoms with Crippen LogP contribution in [0.2, 0.25) is 0 Å². The van der Waals surface area contributed by atoms with Gasteiger partial charge in [0, 0.05) is 62.1 Å². The number of tetrazole rings is 1. The molecule has 262 valence electrons. The van der Waals surface area contributed by atoms with E-state index in [1.165, 1.54) is 0 Å². The minimum Gasteiger partial charge on any atom is -0.358 e. The van der Waals surface area contributed by atoms with Crippen molar-refractivity contribution in [3.05, 3.63) is 87.9 Å². The average Bonchev–Trinajstić information content (AvgIpc) is 3.87. The van der Waals surface area contributed by atoms with Crippen molar-refractivity contribution in [1.82, 2.24) is 40.6 Å². The Balaban J connectivity index is 1.28. The Morgan fingerprint density at radius 1 is 0.920 bits per heavy atom. The summed E-state index contributed by atoms with van der Waals surface area (Å²) in [5.74, 6) is 0.726. The summed E-state index contributed by atoms with van der Waals surface area (Å²) in [4.78, 5) is 33.5. The van der Waals surface area contributed by atoms with E-state index in [9.17, 15) is 14.9 Å². The van der Waals surface area contributed by atoms with E-state index in [1.807, 2.05) is 21.9 Å². The first-order valence-corrected chi connectivity index (χ1v) is 18.6. The molecule has 3 saturated heterocycles. The van der Waals surface area contributed by atoms with Gasteiger partial charge in [-0.05, 0) is 124 Å². The van der Waals surface area contributed by atoms with E-state index in [2.05, 4.69) is 74.7 Å². The fourth-order valence-electron chi connectivity index (χ4n) is 8.77. The van der Waals surface area contributed by atoms with Crippen LogP contribution in [-0.2, 0) is 18.3 Å². The molecule has 11 heteroatoms. The number of benzene rings is 2. The molecule has 0 spiro atoms. The van der Waals surface area contributed by atoms with Gasteiger partial charge in [-0.3, -0.25) is 9.59 Å². The summed E-state index contributed by atoms with van der Waals surface area (Å²) in [5.41, 5.74) is 5.80. The molecular weight excluding hydrogens is 626 g/mol. The number of piperidine rings is 2. The molecule has 1 unspecified atom stereocenters. The maximum atomic E-state index is 13.7.